The molecule has 0 radical (unpaired) electrons. The first-order valence-corrected chi connectivity index (χ1v) is 15.4. The van der Waals surface area contributed by atoms with E-state index < -0.39 is 0 Å². The van der Waals surface area contributed by atoms with E-state index in [1.807, 2.05) is 41.1 Å². The third kappa shape index (κ3) is 6.41. The van der Waals surface area contributed by atoms with Crippen molar-refractivity contribution in [2.75, 3.05) is 30.8 Å². The summed E-state index contributed by atoms with van der Waals surface area (Å²) in [6, 6.07) is 19.8. The molecule has 230 valence electrons. The molecule has 0 unspecified atom stereocenters. The summed E-state index contributed by atoms with van der Waals surface area (Å²) in [5.74, 6) is 0.406. The fourth-order valence-corrected chi connectivity index (χ4v) is 6.16. The van der Waals surface area contributed by atoms with Gasteiger partial charge in [0.05, 0.1) is 47.2 Å². The quantitative estimate of drug-likeness (QED) is 0.186. The number of halogens is 1. The lowest BCUT2D eigenvalue weighted by Gasteiger charge is -2.40. The van der Waals surface area contributed by atoms with Gasteiger partial charge in [0.1, 0.15) is 17.5 Å². The average molecular weight is 622 g/mol. The first kappa shape index (κ1) is 30.3. The van der Waals surface area contributed by atoms with E-state index in [-0.39, 0.29) is 11.6 Å². The molecule has 2 N–H and O–H groups in total. The number of pyridine rings is 2. The van der Waals surface area contributed by atoms with Crippen LogP contribution in [0, 0.1) is 11.3 Å². The number of hydrogen-bond acceptors (Lipinski definition) is 9. The summed E-state index contributed by atoms with van der Waals surface area (Å²) in [5, 5.41) is 27.3. The Balaban J connectivity index is 1.35. The molecular weight excluding hydrogens is 586 g/mol. The largest absolute Gasteiger partial charge is 0.480 e. The number of ether oxygens (including phenoxy) is 1. The molecular formula is C34H36ClN9O. The lowest BCUT2D eigenvalue weighted by atomic mass is 9.98. The second kappa shape index (κ2) is 12.7. The molecule has 1 saturated heterocycles. The highest BCUT2D eigenvalue weighted by Gasteiger charge is 2.29. The van der Waals surface area contributed by atoms with E-state index in [0.717, 1.165) is 42.9 Å². The fourth-order valence-electron chi connectivity index (χ4n) is 5.89. The topological polar surface area (TPSA) is 117 Å². The molecule has 0 spiro atoms. The summed E-state index contributed by atoms with van der Waals surface area (Å²) in [5.41, 5.74) is 4.84. The number of fused-ring (bicyclic) bond motifs is 1. The number of nitriles is 1. The van der Waals surface area contributed by atoms with Crippen LogP contribution < -0.4 is 15.4 Å². The predicted molar refractivity (Wildman–Crippen MR) is 177 cm³/mol. The number of anilines is 3. The van der Waals surface area contributed by atoms with Gasteiger partial charge in [0.25, 0.3) is 0 Å². The van der Waals surface area contributed by atoms with Gasteiger partial charge in [-0.15, -0.1) is 5.10 Å². The molecule has 0 amide bonds. The summed E-state index contributed by atoms with van der Waals surface area (Å²) >= 11 is 6.83. The maximum Gasteiger partial charge on any atom is 0.237 e. The first-order chi connectivity index (χ1) is 21.7. The SMILES string of the molecule is COc1ncccc1Nc1c(C#N)cnc2c(Cl)cc(N[C@@H](c3ccccc3)c3cn(C4CCN(C(C)(C)C)CC4)nn3)cc12. The molecule has 4 heterocycles. The Kier molecular flexibility index (Phi) is 8.57. The highest BCUT2D eigenvalue weighted by Crippen LogP contribution is 2.38. The van der Waals surface area contributed by atoms with Crippen LogP contribution in [0.4, 0.5) is 17.1 Å². The molecule has 2 aromatic carbocycles. The Morgan fingerprint density at radius 2 is 1.84 bits per heavy atom. The van der Waals surface area contributed by atoms with Crippen LogP contribution >= 0.6 is 11.6 Å². The van der Waals surface area contributed by atoms with Gasteiger partial charge in [-0.05, 0) is 63.4 Å². The number of rotatable bonds is 8. The Morgan fingerprint density at radius 3 is 2.56 bits per heavy atom. The Hall–Kier alpha value is -4.72. The van der Waals surface area contributed by atoms with Crippen molar-refractivity contribution in [3.8, 4) is 11.9 Å². The fraction of sp³-hybridized carbons (Fsp3) is 0.324. The van der Waals surface area contributed by atoms with Gasteiger partial charge < -0.3 is 15.4 Å². The third-order valence-corrected chi connectivity index (χ3v) is 8.61. The lowest BCUT2D eigenvalue weighted by molar-refractivity contribution is 0.0866. The van der Waals surface area contributed by atoms with E-state index in [9.17, 15) is 5.26 Å². The van der Waals surface area contributed by atoms with Gasteiger partial charge in [0, 0.05) is 42.1 Å². The zero-order chi connectivity index (χ0) is 31.6. The molecule has 0 bridgehead atoms. The molecule has 1 aliphatic heterocycles. The van der Waals surface area contributed by atoms with Crippen molar-refractivity contribution < 1.29 is 4.74 Å². The number of nitrogens with zero attached hydrogens (tertiary/aromatic N) is 7. The summed E-state index contributed by atoms with van der Waals surface area (Å²) in [7, 11) is 1.55. The number of methoxy groups -OCH3 is 1. The molecule has 0 saturated carbocycles. The molecule has 6 rings (SSSR count). The molecule has 11 heteroatoms. The van der Waals surface area contributed by atoms with E-state index in [4.69, 9.17) is 16.3 Å². The molecule has 45 heavy (non-hydrogen) atoms. The van der Waals surface area contributed by atoms with E-state index in [2.05, 4.69) is 81.0 Å². The number of aromatic nitrogens is 5. The molecule has 10 nitrogen and oxygen atoms in total. The van der Waals surface area contributed by atoms with Gasteiger partial charge in [0.15, 0.2) is 0 Å². The number of nitrogens with one attached hydrogen (secondary N) is 2. The molecule has 1 aliphatic rings. The maximum atomic E-state index is 9.98. The van der Waals surface area contributed by atoms with Crippen LogP contribution in [0.5, 0.6) is 5.88 Å². The molecule has 1 atom stereocenters. The van der Waals surface area contributed by atoms with Crippen molar-refractivity contribution in [1.29, 1.82) is 5.26 Å². The summed E-state index contributed by atoms with van der Waals surface area (Å²) in [4.78, 5) is 11.3. The van der Waals surface area contributed by atoms with Crippen molar-refractivity contribution >= 4 is 39.6 Å². The van der Waals surface area contributed by atoms with E-state index in [1.165, 1.54) is 6.20 Å². The zero-order valence-electron chi connectivity index (χ0n) is 25.8. The third-order valence-electron chi connectivity index (χ3n) is 8.32. The Labute approximate surface area is 268 Å². The molecule has 0 aliphatic carbocycles. The van der Waals surface area contributed by atoms with Gasteiger partial charge in [0.2, 0.25) is 5.88 Å². The number of likely N-dealkylation sites (tertiary alicyclic amines) is 1. The molecule has 1 fully saturated rings. The number of piperidine rings is 1. The van der Waals surface area contributed by atoms with E-state index >= 15 is 0 Å². The monoisotopic (exact) mass is 621 g/mol. The van der Waals surface area contributed by atoms with Crippen LogP contribution in [0.2, 0.25) is 5.02 Å². The Morgan fingerprint density at radius 1 is 1.07 bits per heavy atom. The van der Waals surface area contributed by atoms with E-state index in [0.29, 0.717) is 44.8 Å². The minimum absolute atomic E-state index is 0.158. The first-order valence-electron chi connectivity index (χ1n) is 15.0. The molecule has 5 aromatic rings. The Bertz CT molecular complexity index is 1840. The minimum Gasteiger partial charge on any atom is -0.480 e. The van der Waals surface area contributed by atoms with E-state index in [1.54, 1.807) is 19.4 Å². The van der Waals surface area contributed by atoms with Crippen LogP contribution in [0.15, 0.2) is 73.2 Å². The van der Waals surface area contributed by atoms with Gasteiger partial charge >= 0.3 is 0 Å². The predicted octanol–water partition coefficient (Wildman–Crippen LogP) is 7.14. The molecule has 3 aromatic heterocycles. The standard InChI is InChI=1S/C34H36ClN9O/c1-34(2,3)43-15-12-25(13-16-43)44-21-29(41-42-44)31(22-9-6-5-7-10-22)39-24-17-26-30(40-28-11-8-14-37-33(28)45-4)23(19-36)20-38-32(26)27(35)18-24/h5-11,14,17-18,20-21,25,31,39H,12-13,15-16H2,1-4H3,(H,38,40)/t31-/m0/s1. The van der Waals surface area contributed by atoms with Gasteiger partial charge in [-0.2, -0.15) is 5.26 Å². The second-order valence-corrected chi connectivity index (χ2v) is 12.6. The maximum absolute atomic E-state index is 9.98. The van der Waals surface area contributed by atoms with Crippen LogP contribution in [-0.4, -0.2) is 55.6 Å². The zero-order valence-corrected chi connectivity index (χ0v) is 26.6. The van der Waals surface area contributed by atoms with Crippen LogP contribution in [-0.2, 0) is 0 Å². The lowest BCUT2D eigenvalue weighted by Crippen LogP contribution is -2.46. The summed E-state index contributed by atoms with van der Waals surface area (Å²) < 4.78 is 7.46. The number of hydrogen-bond donors (Lipinski definition) is 2. The van der Waals surface area contributed by atoms with Gasteiger partial charge in [-0.1, -0.05) is 47.1 Å². The normalized spacial score (nSPS) is 15.0. The summed E-state index contributed by atoms with van der Waals surface area (Å²) in [6.45, 7) is 8.85. The van der Waals surface area contributed by atoms with Crippen LogP contribution in [0.3, 0.4) is 0 Å². The van der Waals surface area contributed by atoms with Gasteiger partial charge in [-0.25, -0.2) is 9.67 Å². The van der Waals surface area contributed by atoms with Crippen molar-refractivity contribution in [1.82, 2.24) is 29.9 Å². The van der Waals surface area contributed by atoms with Crippen LogP contribution in [0.1, 0.15) is 62.5 Å². The van der Waals surface area contributed by atoms with Crippen molar-refractivity contribution in [3.63, 3.8) is 0 Å². The summed E-state index contributed by atoms with van der Waals surface area (Å²) in [6.07, 6.45) is 7.27. The van der Waals surface area contributed by atoms with Crippen LogP contribution in [0.25, 0.3) is 10.9 Å². The smallest absolute Gasteiger partial charge is 0.237 e. The average Bonchev–Trinajstić information content (AvgIpc) is 3.54. The highest BCUT2D eigenvalue weighted by molar-refractivity contribution is 6.36. The van der Waals surface area contributed by atoms with Gasteiger partial charge in [-0.3, -0.25) is 9.88 Å². The van der Waals surface area contributed by atoms with Crippen molar-refractivity contribution in [3.05, 3.63) is 95.0 Å². The number of benzene rings is 2. The van der Waals surface area contributed by atoms with Crippen molar-refractivity contribution in [2.45, 2.75) is 51.2 Å². The minimum atomic E-state index is -0.301. The highest BCUT2D eigenvalue weighted by atomic mass is 35.5. The second-order valence-electron chi connectivity index (χ2n) is 12.2. The van der Waals surface area contributed by atoms with Crippen molar-refractivity contribution in [2.24, 2.45) is 0 Å².